The van der Waals surface area contributed by atoms with Crippen LogP contribution in [0.25, 0.3) is 0 Å². The Labute approximate surface area is 108 Å². The average molecular weight is 254 g/mol. The van der Waals surface area contributed by atoms with E-state index in [4.69, 9.17) is 9.47 Å². The molecule has 0 unspecified atom stereocenters. The maximum atomic E-state index is 11.3. The summed E-state index contributed by atoms with van der Waals surface area (Å²) in [6.07, 6.45) is 1.70. The number of hydrogen-bond acceptors (Lipinski definition) is 4. The van der Waals surface area contributed by atoms with Crippen molar-refractivity contribution in [3.8, 4) is 11.5 Å². The van der Waals surface area contributed by atoms with Gasteiger partial charge in [-0.05, 0) is 24.7 Å². The van der Waals surface area contributed by atoms with Crippen molar-refractivity contribution < 1.29 is 9.47 Å². The normalized spacial score (nSPS) is 11.4. The van der Waals surface area contributed by atoms with Crippen LogP contribution in [0.3, 0.4) is 0 Å². The lowest BCUT2D eigenvalue weighted by Gasteiger charge is -2.14. The Hall–Kier alpha value is -1.32. The fraction of sp³-hybridized carbons (Fsp3) is 0.714. The minimum absolute atomic E-state index is 0.115. The second-order valence-corrected chi connectivity index (χ2v) is 5.38. The van der Waals surface area contributed by atoms with Crippen molar-refractivity contribution in [2.45, 2.75) is 40.5 Å². The lowest BCUT2D eigenvalue weighted by Crippen LogP contribution is -2.34. The summed E-state index contributed by atoms with van der Waals surface area (Å²) < 4.78 is 10.7. The molecule has 0 fully saturated rings. The Morgan fingerprint density at radius 2 is 1.11 bits per heavy atom. The van der Waals surface area contributed by atoms with Gasteiger partial charge >= 0.3 is 0 Å². The van der Waals surface area contributed by atoms with E-state index in [-0.39, 0.29) is 11.5 Å². The van der Waals surface area contributed by atoms with Gasteiger partial charge in [0.05, 0.1) is 13.2 Å². The van der Waals surface area contributed by atoms with Crippen molar-refractivity contribution in [2.75, 3.05) is 13.2 Å². The van der Waals surface area contributed by atoms with E-state index in [0.29, 0.717) is 25.0 Å². The minimum atomic E-state index is -0.557. The summed E-state index contributed by atoms with van der Waals surface area (Å²) in [6, 6.07) is 0. The Kier molecular flexibility index (Phi) is 5.38. The van der Waals surface area contributed by atoms with Crippen LogP contribution in [0.1, 0.15) is 40.5 Å². The largest absolute Gasteiger partial charge is 0.486 e. The van der Waals surface area contributed by atoms with Crippen LogP contribution in [0, 0.1) is 11.8 Å². The summed E-state index contributed by atoms with van der Waals surface area (Å²) in [5.41, 5.74) is -1.11. The zero-order chi connectivity index (χ0) is 13.7. The lowest BCUT2D eigenvalue weighted by atomic mass is 10.1. The monoisotopic (exact) mass is 254 g/mol. The zero-order valence-electron chi connectivity index (χ0n) is 11.6. The first-order chi connectivity index (χ1) is 8.43. The molecule has 0 aromatic heterocycles. The molecule has 1 rings (SSSR count). The standard InChI is InChI=1S/C14H22O4/c1-9(2)5-7-17-13-11(15)12(16)14(13)18-8-6-10(3)4/h9-10H,5-8H2,1-4H3. The molecule has 102 valence electrons. The Morgan fingerprint density at radius 3 is 1.39 bits per heavy atom. The molecule has 0 bridgehead atoms. The summed E-state index contributed by atoms with van der Waals surface area (Å²) >= 11 is 0. The molecule has 0 aliphatic carbocycles. The third kappa shape index (κ3) is 3.86. The van der Waals surface area contributed by atoms with Crippen LogP contribution in [0.5, 0.6) is 11.5 Å². The van der Waals surface area contributed by atoms with Gasteiger partial charge in [-0.1, -0.05) is 27.7 Å². The Bertz CT molecular complexity index is 397. The molecule has 18 heavy (non-hydrogen) atoms. The van der Waals surface area contributed by atoms with Crippen LogP contribution in [-0.2, 0) is 0 Å². The van der Waals surface area contributed by atoms with E-state index in [1.54, 1.807) is 0 Å². The molecule has 0 atom stereocenters. The third-order valence-corrected chi connectivity index (χ3v) is 2.71. The van der Waals surface area contributed by atoms with Gasteiger partial charge in [0.25, 0.3) is 10.9 Å². The van der Waals surface area contributed by atoms with Gasteiger partial charge in [-0.25, -0.2) is 0 Å². The molecule has 1 aromatic carbocycles. The molecule has 0 aliphatic heterocycles. The topological polar surface area (TPSA) is 52.6 Å². The quantitative estimate of drug-likeness (QED) is 0.667. The molecule has 4 heteroatoms. The van der Waals surface area contributed by atoms with Gasteiger partial charge in [-0.3, -0.25) is 9.59 Å². The SMILES string of the molecule is CC(C)CCOc1c(OCCC(C)C)c(=O)c1=O. The van der Waals surface area contributed by atoms with Gasteiger partial charge in [0.15, 0.2) is 0 Å². The molecule has 0 N–H and O–H groups in total. The molecule has 0 saturated carbocycles. The number of ether oxygens (including phenoxy) is 2. The van der Waals surface area contributed by atoms with E-state index in [1.165, 1.54) is 0 Å². The van der Waals surface area contributed by atoms with Gasteiger partial charge in [0, 0.05) is 0 Å². The highest BCUT2D eigenvalue weighted by molar-refractivity contribution is 5.45. The van der Waals surface area contributed by atoms with Gasteiger partial charge in [0.1, 0.15) is 0 Å². The summed E-state index contributed by atoms with van der Waals surface area (Å²) in [5, 5.41) is 0. The summed E-state index contributed by atoms with van der Waals surface area (Å²) in [6.45, 7) is 9.19. The highest BCUT2D eigenvalue weighted by Crippen LogP contribution is 2.21. The smallest absolute Gasteiger partial charge is 0.275 e. The molecular formula is C14H22O4. The van der Waals surface area contributed by atoms with Crippen molar-refractivity contribution >= 4 is 0 Å². The molecule has 0 heterocycles. The van der Waals surface area contributed by atoms with E-state index in [2.05, 4.69) is 27.7 Å². The van der Waals surface area contributed by atoms with Crippen LogP contribution in [-0.4, -0.2) is 13.2 Å². The van der Waals surface area contributed by atoms with Crippen LogP contribution >= 0.6 is 0 Å². The van der Waals surface area contributed by atoms with Crippen LogP contribution in [0.2, 0.25) is 0 Å². The highest BCUT2D eigenvalue weighted by atomic mass is 16.5. The highest BCUT2D eigenvalue weighted by Gasteiger charge is 2.24. The van der Waals surface area contributed by atoms with Crippen molar-refractivity contribution in [1.29, 1.82) is 0 Å². The summed E-state index contributed by atoms with van der Waals surface area (Å²) in [7, 11) is 0. The fourth-order valence-electron chi connectivity index (χ4n) is 1.41. The molecule has 1 aromatic rings. The van der Waals surface area contributed by atoms with E-state index >= 15 is 0 Å². The zero-order valence-corrected chi connectivity index (χ0v) is 11.6. The molecule has 0 aliphatic rings. The van der Waals surface area contributed by atoms with Crippen molar-refractivity contribution in [3.63, 3.8) is 0 Å². The third-order valence-electron chi connectivity index (χ3n) is 2.71. The lowest BCUT2D eigenvalue weighted by molar-refractivity contribution is 0.236. The maximum absolute atomic E-state index is 11.3. The van der Waals surface area contributed by atoms with Crippen molar-refractivity contribution in [1.82, 2.24) is 0 Å². The van der Waals surface area contributed by atoms with E-state index in [9.17, 15) is 9.59 Å². The average Bonchev–Trinajstić information content (AvgIpc) is 2.30. The fourth-order valence-corrected chi connectivity index (χ4v) is 1.41. The van der Waals surface area contributed by atoms with Gasteiger partial charge in [-0.2, -0.15) is 0 Å². The first-order valence-corrected chi connectivity index (χ1v) is 6.52. The van der Waals surface area contributed by atoms with Crippen molar-refractivity contribution in [2.24, 2.45) is 11.8 Å². The molecule has 4 nitrogen and oxygen atoms in total. The molecular weight excluding hydrogens is 232 g/mol. The van der Waals surface area contributed by atoms with Crippen LogP contribution in [0.4, 0.5) is 0 Å². The summed E-state index contributed by atoms with van der Waals surface area (Å²) in [5.74, 6) is 1.23. The maximum Gasteiger partial charge on any atom is 0.275 e. The number of hydrogen-bond donors (Lipinski definition) is 0. The summed E-state index contributed by atoms with van der Waals surface area (Å²) in [4.78, 5) is 22.7. The van der Waals surface area contributed by atoms with Gasteiger partial charge < -0.3 is 9.47 Å². The Balaban J connectivity index is 2.50. The second-order valence-electron chi connectivity index (χ2n) is 5.38. The predicted octanol–water partition coefficient (Wildman–Crippen LogP) is 2.13. The van der Waals surface area contributed by atoms with Crippen LogP contribution < -0.4 is 20.3 Å². The first-order valence-electron chi connectivity index (χ1n) is 6.52. The van der Waals surface area contributed by atoms with E-state index in [1.807, 2.05) is 0 Å². The van der Waals surface area contributed by atoms with Crippen molar-refractivity contribution in [3.05, 3.63) is 20.4 Å². The van der Waals surface area contributed by atoms with E-state index < -0.39 is 10.9 Å². The van der Waals surface area contributed by atoms with E-state index in [0.717, 1.165) is 12.8 Å². The van der Waals surface area contributed by atoms with Gasteiger partial charge in [0.2, 0.25) is 11.5 Å². The Morgan fingerprint density at radius 1 is 0.778 bits per heavy atom. The minimum Gasteiger partial charge on any atom is -0.486 e. The predicted molar refractivity (Wildman–Crippen MR) is 71.3 cm³/mol. The van der Waals surface area contributed by atoms with Crippen LogP contribution in [0.15, 0.2) is 9.59 Å². The number of rotatable bonds is 8. The molecule has 0 amide bonds. The molecule has 0 radical (unpaired) electrons. The second kappa shape index (κ2) is 6.57. The molecule has 0 spiro atoms. The first kappa shape index (κ1) is 14.7. The molecule has 0 saturated heterocycles. The van der Waals surface area contributed by atoms with Gasteiger partial charge in [-0.15, -0.1) is 0 Å².